The lowest BCUT2D eigenvalue weighted by Crippen LogP contribution is -1.98. The largest absolute Gasteiger partial charge is 0.355 e. The SMILES string of the molecule is CCc1c(C)cc(Nc2cc(C)c(C)c(C)c2)cc1C. The molecular weight excluding hydrogens is 242 g/mol. The predicted octanol–water partition coefficient (Wildman–Crippen LogP) is 5.53. The number of aryl methyl sites for hydroxylation is 4. The first-order chi connectivity index (χ1) is 9.42. The number of nitrogens with one attached hydrogen (secondary N) is 1. The van der Waals surface area contributed by atoms with E-state index in [4.69, 9.17) is 0 Å². The lowest BCUT2D eigenvalue weighted by Gasteiger charge is -2.15. The molecule has 106 valence electrons. The zero-order chi connectivity index (χ0) is 14.9. The molecule has 0 aliphatic heterocycles. The zero-order valence-corrected chi connectivity index (χ0v) is 13.5. The van der Waals surface area contributed by atoms with E-state index in [0.717, 1.165) is 6.42 Å². The highest BCUT2D eigenvalue weighted by Gasteiger charge is 2.05. The normalized spacial score (nSPS) is 10.7. The summed E-state index contributed by atoms with van der Waals surface area (Å²) < 4.78 is 0. The molecule has 0 aliphatic rings. The van der Waals surface area contributed by atoms with Gasteiger partial charge in [-0.15, -0.1) is 0 Å². The Bertz CT molecular complexity index is 592. The van der Waals surface area contributed by atoms with Crippen LogP contribution in [0.25, 0.3) is 0 Å². The Morgan fingerprint density at radius 2 is 1.10 bits per heavy atom. The van der Waals surface area contributed by atoms with E-state index in [2.05, 4.69) is 71.1 Å². The summed E-state index contributed by atoms with van der Waals surface area (Å²) in [7, 11) is 0. The van der Waals surface area contributed by atoms with E-state index in [-0.39, 0.29) is 0 Å². The van der Waals surface area contributed by atoms with E-state index in [1.807, 2.05) is 0 Å². The Balaban J connectivity index is 2.35. The van der Waals surface area contributed by atoms with Crippen molar-refractivity contribution in [3.05, 3.63) is 57.6 Å². The Hall–Kier alpha value is -1.76. The lowest BCUT2D eigenvalue weighted by atomic mass is 9.99. The molecule has 0 radical (unpaired) electrons. The summed E-state index contributed by atoms with van der Waals surface area (Å²) in [6.07, 6.45) is 1.10. The highest BCUT2D eigenvalue weighted by Crippen LogP contribution is 2.26. The van der Waals surface area contributed by atoms with Gasteiger partial charge < -0.3 is 5.32 Å². The molecule has 0 unspecified atom stereocenters. The van der Waals surface area contributed by atoms with Crippen LogP contribution in [-0.4, -0.2) is 0 Å². The molecule has 0 bridgehead atoms. The van der Waals surface area contributed by atoms with Crippen molar-refractivity contribution in [2.45, 2.75) is 48.0 Å². The summed E-state index contributed by atoms with van der Waals surface area (Å²) in [4.78, 5) is 0. The van der Waals surface area contributed by atoms with Crippen LogP contribution in [0.15, 0.2) is 24.3 Å². The van der Waals surface area contributed by atoms with Crippen LogP contribution in [0.2, 0.25) is 0 Å². The molecule has 0 saturated heterocycles. The first kappa shape index (κ1) is 14.6. The van der Waals surface area contributed by atoms with Crippen LogP contribution in [0.5, 0.6) is 0 Å². The zero-order valence-electron chi connectivity index (χ0n) is 13.5. The molecule has 0 spiro atoms. The Kier molecular flexibility index (Phi) is 4.17. The molecule has 0 atom stereocenters. The Labute approximate surface area is 123 Å². The van der Waals surface area contributed by atoms with Gasteiger partial charge in [-0.05, 0) is 98.7 Å². The maximum absolute atomic E-state index is 3.55. The van der Waals surface area contributed by atoms with Gasteiger partial charge in [-0.2, -0.15) is 0 Å². The second-order valence-corrected chi connectivity index (χ2v) is 5.80. The number of benzene rings is 2. The van der Waals surface area contributed by atoms with Crippen LogP contribution in [0.4, 0.5) is 11.4 Å². The predicted molar refractivity (Wildman–Crippen MR) is 89.2 cm³/mol. The van der Waals surface area contributed by atoms with Crippen molar-refractivity contribution in [1.82, 2.24) is 0 Å². The topological polar surface area (TPSA) is 12.0 Å². The summed E-state index contributed by atoms with van der Waals surface area (Å²) >= 11 is 0. The third kappa shape index (κ3) is 2.87. The maximum atomic E-state index is 3.55. The average molecular weight is 267 g/mol. The average Bonchev–Trinajstić information content (AvgIpc) is 2.35. The van der Waals surface area contributed by atoms with Gasteiger partial charge in [0, 0.05) is 11.4 Å². The fourth-order valence-electron chi connectivity index (χ4n) is 2.90. The van der Waals surface area contributed by atoms with Gasteiger partial charge in [0.05, 0.1) is 0 Å². The molecule has 2 aromatic carbocycles. The van der Waals surface area contributed by atoms with E-state index in [9.17, 15) is 0 Å². The van der Waals surface area contributed by atoms with Crippen LogP contribution in [0.3, 0.4) is 0 Å². The minimum absolute atomic E-state index is 1.10. The molecule has 0 amide bonds. The van der Waals surface area contributed by atoms with E-state index in [1.165, 1.54) is 44.8 Å². The van der Waals surface area contributed by atoms with Crippen molar-refractivity contribution in [3.63, 3.8) is 0 Å². The van der Waals surface area contributed by atoms with Crippen molar-refractivity contribution in [3.8, 4) is 0 Å². The number of anilines is 2. The number of rotatable bonds is 3. The fraction of sp³-hybridized carbons (Fsp3) is 0.368. The van der Waals surface area contributed by atoms with E-state index in [0.29, 0.717) is 0 Å². The second kappa shape index (κ2) is 5.70. The molecule has 0 saturated carbocycles. The van der Waals surface area contributed by atoms with Gasteiger partial charge >= 0.3 is 0 Å². The lowest BCUT2D eigenvalue weighted by molar-refractivity contribution is 1.08. The Morgan fingerprint density at radius 3 is 1.50 bits per heavy atom. The third-order valence-corrected chi connectivity index (χ3v) is 4.27. The number of hydrogen-bond donors (Lipinski definition) is 1. The minimum Gasteiger partial charge on any atom is -0.355 e. The van der Waals surface area contributed by atoms with Crippen LogP contribution >= 0.6 is 0 Å². The van der Waals surface area contributed by atoms with E-state index >= 15 is 0 Å². The highest BCUT2D eigenvalue weighted by atomic mass is 14.9. The molecule has 2 rings (SSSR count). The molecular formula is C19H25N. The molecule has 1 N–H and O–H groups in total. The smallest absolute Gasteiger partial charge is 0.0389 e. The monoisotopic (exact) mass is 267 g/mol. The highest BCUT2D eigenvalue weighted by molar-refractivity contribution is 5.64. The van der Waals surface area contributed by atoms with Gasteiger partial charge in [-0.1, -0.05) is 6.92 Å². The number of hydrogen-bond acceptors (Lipinski definition) is 1. The van der Waals surface area contributed by atoms with Crippen LogP contribution in [0, 0.1) is 34.6 Å². The fourth-order valence-corrected chi connectivity index (χ4v) is 2.90. The van der Waals surface area contributed by atoms with E-state index in [1.54, 1.807) is 0 Å². The molecule has 2 aromatic rings. The van der Waals surface area contributed by atoms with Crippen molar-refractivity contribution >= 4 is 11.4 Å². The van der Waals surface area contributed by atoms with Crippen molar-refractivity contribution in [1.29, 1.82) is 0 Å². The van der Waals surface area contributed by atoms with E-state index < -0.39 is 0 Å². The quantitative estimate of drug-likeness (QED) is 0.770. The minimum atomic E-state index is 1.10. The summed E-state index contributed by atoms with van der Waals surface area (Å²) in [6, 6.07) is 8.94. The van der Waals surface area contributed by atoms with Gasteiger partial charge in [-0.3, -0.25) is 0 Å². The first-order valence-corrected chi connectivity index (χ1v) is 7.37. The van der Waals surface area contributed by atoms with Crippen molar-refractivity contribution in [2.75, 3.05) is 5.32 Å². The Morgan fingerprint density at radius 1 is 0.700 bits per heavy atom. The second-order valence-electron chi connectivity index (χ2n) is 5.80. The van der Waals surface area contributed by atoms with Crippen LogP contribution in [-0.2, 0) is 6.42 Å². The maximum Gasteiger partial charge on any atom is 0.0389 e. The summed E-state index contributed by atoms with van der Waals surface area (Å²) in [6.45, 7) is 13.1. The molecule has 0 heterocycles. The molecule has 0 aliphatic carbocycles. The third-order valence-electron chi connectivity index (χ3n) is 4.27. The summed E-state index contributed by atoms with van der Waals surface area (Å²) in [5.74, 6) is 0. The molecule has 0 fully saturated rings. The van der Waals surface area contributed by atoms with Crippen LogP contribution < -0.4 is 5.32 Å². The first-order valence-electron chi connectivity index (χ1n) is 7.37. The molecule has 1 heteroatoms. The van der Waals surface area contributed by atoms with Gasteiger partial charge in [0.2, 0.25) is 0 Å². The molecule has 20 heavy (non-hydrogen) atoms. The van der Waals surface area contributed by atoms with Crippen molar-refractivity contribution in [2.24, 2.45) is 0 Å². The summed E-state index contributed by atoms with van der Waals surface area (Å²) in [5.41, 5.74) is 10.6. The van der Waals surface area contributed by atoms with Gasteiger partial charge in [-0.25, -0.2) is 0 Å². The summed E-state index contributed by atoms with van der Waals surface area (Å²) in [5, 5.41) is 3.55. The van der Waals surface area contributed by atoms with Gasteiger partial charge in [0.1, 0.15) is 0 Å². The molecule has 0 aromatic heterocycles. The van der Waals surface area contributed by atoms with Crippen molar-refractivity contribution < 1.29 is 0 Å². The standard InChI is InChI=1S/C19H25N/c1-7-19-14(4)10-18(11-15(19)5)20-17-8-12(2)16(6)13(3)9-17/h8-11,20H,7H2,1-6H3. The molecule has 1 nitrogen and oxygen atoms in total. The van der Waals surface area contributed by atoms with Gasteiger partial charge in [0.25, 0.3) is 0 Å². The van der Waals surface area contributed by atoms with Crippen LogP contribution in [0.1, 0.15) is 40.3 Å². The van der Waals surface area contributed by atoms with Gasteiger partial charge in [0.15, 0.2) is 0 Å².